The van der Waals surface area contributed by atoms with Crippen molar-refractivity contribution in [3.63, 3.8) is 0 Å². The van der Waals surface area contributed by atoms with Crippen molar-refractivity contribution >= 4 is 5.91 Å². The highest BCUT2D eigenvalue weighted by Crippen LogP contribution is 2.22. The normalized spacial score (nSPS) is 19.3. The van der Waals surface area contributed by atoms with E-state index >= 15 is 0 Å². The summed E-state index contributed by atoms with van der Waals surface area (Å²) in [6.07, 6.45) is 3.11. The molecule has 1 amide bonds. The van der Waals surface area contributed by atoms with E-state index in [1.807, 2.05) is 0 Å². The number of amides is 1. The van der Waals surface area contributed by atoms with Gasteiger partial charge in [0.15, 0.2) is 0 Å². The number of likely N-dealkylation sites (tertiary alicyclic amines) is 1. The second-order valence-electron chi connectivity index (χ2n) is 5.85. The van der Waals surface area contributed by atoms with Crippen LogP contribution < -0.4 is 11.1 Å². The number of nitrogens with two attached hydrogens (primary N) is 1. The van der Waals surface area contributed by atoms with Crippen molar-refractivity contribution in [3.05, 3.63) is 0 Å². The summed E-state index contributed by atoms with van der Waals surface area (Å²) < 4.78 is 0. The summed E-state index contributed by atoms with van der Waals surface area (Å²) in [5, 5.41) is 2.74. The van der Waals surface area contributed by atoms with Gasteiger partial charge in [-0.2, -0.15) is 0 Å². The Balaban J connectivity index is 2.26. The highest BCUT2D eigenvalue weighted by atomic mass is 16.1. The summed E-state index contributed by atoms with van der Waals surface area (Å²) in [5.74, 6) is 0.422. The lowest BCUT2D eigenvalue weighted by molar-refractivity contribution is -0.125. The average Bonchev–Trinajstić information content (AvgIpc) is 2.36. The van der Waals surface area contributed by atoms with E-state index in [9.17, 15) is 4.79 Å². The quantitative estimate of drug-likeness (QED) is 0.749. The standard InChI is InChI=1S/C13H27N3O/c1-13(2,10-14)6-9-16-7-4-11(5-8-16)12(17)15-3/h11H,4-10,14H2,1-3H3,(H,15,17). The molecule has 4 heteroatoms. The Labute approximate surface area is 105 Å². The molecule has 1 fully saturated rings. The van der Waals surface area contributed by atoms with Crippen molar-refractivity contribution in [3.8, 4) is 0 Å². The Kier molecular flexibility index (Phi) is 5.40. The molecular weight excluding hydrogens is 214 g/mol. The van der Waals surface area contributed by atoms with Gasteiger partial charge >= 0.3 is 0 Å². The summed E-state index contributed by atoms with van der Waals surface area (Å²) in [6.45, 7) is 8.35. The third-order valence-corrected chi connectivity index (χ3v) is 3.86. The van der Waals surface area contributed by atoms with Crippen LogP contribution in [-0.4, -0.2) is 44.0 Å². The van der Waals surface area contributed by atoms with Gasteiger partial charge in [0.25, 0.3) is 0 Å². The molecule has 0 aliphatic carbocycles. The monoisotopic (exact) mass is 241 g/mol. The Morgan fingerprint density at radius 1 is 1.41 bits per heavy atom. The zero-order valence-electron chi connectivity index (χ0n) is 11.5. The molecule has 0 aromatic heterocycles. The van der Waals surface area contributed by atoms with E-state index in [1.54, 1.807) is 7.05 Å². The molecule has 0 unspecified atom stereocenters. The minimum absolute atomic E-state index is 0.201. The molecular formula is C13H27N3O. The lowest BCUT2D eigenvalue weighted by atomic mass is 9.88. The van der Waals surface area contributed by atoms with Crippen LogP contribution in [0.1, 0.15) is 33.1 Å². The zero-order valence-corrected chi connectivity index (χ0v) is 11.5. The van der Waals surface area contributed by atoms with Gasteiger partial charge in [0, 0.05) is 13.0 Å². The molecule has 0 bridgehead atoms. The van der Waals surface area contributed by atoms with Gasteiger partial charge in [0.05, 0.1) is 0 Å². The predicted molar refractivity (Wildman–Crippen MR) is 70.7 cm³/mol. The number of piperidine rings is 1. The second-order valence-corrected chi connectivity index (χ2v) is 5.85. The summed E-state index contributed by atoms with van der Waals surface area (Å²) >= 11 is 0. The van der Waals surface area contributed by atoms with Crippen molar-refractivity contribution < 1.29 is 4.79 Å². The van der Waals surface area contributed by atoms with Crippen LogP contribution in [0.4, 0.5) is 0 Å². The van der Waals surface area contributed by atoms with Gasteiger partial charge in [-0.3, -0.25) is 4.79 Å². The molecule has 0 saturated carbocycles. The van der Waals surface area contributed by atoms with E-state index in [2.05, 4.69) is 24.1 Å². The molecule has 100 valence electrons. The summed E-state index contributed by atoms with van der Waals surface area (Å²) in [6, 6.07) is 0. The number of nitrogens with zero attached hydrogens (tertiary/aromatic N) is 1. The van der Waals surface area contributed by atoms with Crippen molar-refractivity contribution in [2.75, 3.05) is 33.2 Å². The van der Waals surface area contributed by atoms with Gasteiger partial charge < -0.3 is 16.0 Å². The Hall–Kier alpha value is -0.610. The van der Waals surface area contributed by atoms with E-state index in [-0.39, 0.29) is 17.2 Å². The van der Waals surface area contributed by atoms with Gasteiger partial charge in [0.1, 0.15) is 0 Å². The Morgan fingerprint density at radius 3 is 2.47 bits per heavy atom. The highest BCUT2D eigenvalue weighted by Gasteiger charge is 2.25. The smallest absolute Gasteiger partial charge is 0.222 e. The second kappa shape index (κ2) is 6.36. The first-order valence-electron chi connectivity index (χ1n) is 6.62. The number of rotatable bonds is 5. The van der Waals surface area contributed by atoms with Crippen LogP contribution in [0.3, 0.4) is 0 Å². The lowest BCUT2D eigenvalue weighted by Crippen LogP contribution is -2.41. The van der Waals surface area contributed by atoms with Crippen LogP contribution in [0.25, 0.3) is 0 Å². The lowest BCUT2D eigenvalue weighted by Gasteiger charge is -2.33. The van der Waals surface area contributed by atoms with Crippen molar-refractivity contribution in [2.45, 2.75) is 33.1 Å². The summed E-state index contributed by atoms with van der Waals surface area (Å²) in [7, 11) is 1.72. The third kappa shape index (κ3) is 4.64. The Bertz CT molecular complexity index is 245. The molecule has 1 saturated heterocycles. The SMILES string of the molecule is CNC(=O)C1CCN(CCC(C)(C)CN)CC1. The summed E-state index contributed by atoms with van der Waals surface area (Å²) in [4.78, 5) is 13.9. The number of hydrogen-bond donors (Lipinski definition) is 2. The van der Waals surface area contributed by atoms with E-state index in [4.69, 9.17) is 5.73 Å². The molecule has 3 N–H and O–H groups in total. The molecule has 0 radical (unpaired) electrons. The molecule has 17 heavy (non-hydrogen) atoms. The molecule has 0 spiro atoms. The maximum absolute atomic E-state index is 11.5. The van der Waals surface area contributed by atoms with Gasteiger partial charge in [-0.05, 0) is 50.9 Å². The van der Waals surface area contributed by atoms with Gasteiger partial charge in [-0.1, -0.05) is 13.8 Å². The fourth-order valence-electron chi connectivity index (χ4n) is 2.19. The van der Waals surface area contributed by atoms with Crippen LogP contribution in [0.5, 0.6) is 0 Å². The fraction of sp³-hybridized carbons (Fsp3) is 0.923. The molecule has 1 aliphatic heterocycles. The molecule has 1 aliphatic rings. The molecule has 0 aromatic rings. The van der Waals surface area contributed by atoms with E-state index in [0.29, 0.717) is 0 Å². The molecule has 0 aromatic carbocycles. The predicted octanol–water partition coefficient (Wildman–Crippen LogP) is 0.819. The molecule has 1 heterocycles. The first-order valence-corrected chi connectivity index (χ1v) is 6.62. The zero-order chi connectivity index (χ0) is 12.9. The molecule has 0 atom stereocenters. The van der Waals surface area contributed by atoms with Crippen molar-refractivity contribution in [2.24, 2.45) is 17.1 Å². The van der Waals surface area contributed by atoms with Gasteiger partial charge in [-0.25, -0.2) is 0 Å². The Morgan fingerprint density at radius 2 is 2.00 bits per heavy atom. The van der Waals surface area contributed by atoms with Crippen LogP contribution in [-0.2, 0) is 4.79 Å². The topological polar surface area (TPSA) is 58.4 Å². The van der Waals surface area contributed by atoms with E-state index in [0.717, 1.165) is 45.4 Å². The minimum Gasteiger partial charge on any atom is -0.359 e. The van der Waals surface area contributed by atoms with E-state index < -0.39 is 0 Å². The van der Waals surface area contributed by atoms with Crippen molar-refractivity contribution in [1.82, 2.24) is 10.2 Å². The van der Waals surface area contributed by atoms with Crippen LogP contribution in [0.2, 0.25) is 0 Å². The van der Waals surface area contributed by atoms with Crippen LogP contribution >= 0.6 is 0 Å². The first kappa shape index (κ1) is 14.5. The minimum atomic E-state index is 0.201. The maximum Gasteiger partial charge on any atom is 0.222 e. The highest BCUT2D eigenvalue weighted by molar-refractivity contribution is 5.78. The number of carbonyl (C=O) groups excluding carboxylic acids is 1. The number of nitrogens with one attached hydrogen (secondary N) is 1. The first-order chi connectivity index (χ1) is 7.98. The van der Waals surface area contributed by atoms with Gasteiger partial charge in [0.2, 0.25) is 5.91 Å². The van der Waals surface area contributed by atoms with Crippen LogP contribution in [0.15, 0.2) is 0 Å². The number of carbonyl (C=O) groups is 1. The molecule has 4 nitrogen and oxygen atoms in total. The average molecular weight is 241 g/mol. The fourth-order valence-corrected chi connectivity index (χ4v) is 2.19. The third-order valence-electron chi connectivity index (χ3n) is 3.86. The maximum atomic E-state index is 11.5. The van der Waals surface area contributed by atoms with E-state index in [1.165, 1.54) is 0 Å². The van der Waals surface area contributed by atoms with Crippen molar-refractivity contribution in [1.29, 1.82) is 0 Å². The summed E-state index contributed by atoms with van der Waals surface area (Å²) in [5.41, 5.74) is 5.96. The van der Waals surface area contributed by atoms with Gasteiger partial charge in [-0.15, -0.1) is 0 Å². The largest absolute Gasteiger partial charge is 0.359 e. The molecule has 1 rings (SSSR count). The number of hydrogen-bond acceptors (Lipinski definition) is 3. The van der Waals surface area contributed by atoms with Crippen LogP contribution in [0, 0.1) is 11.3 Å².